The fraction of sp³-hybridized carbons (Fsp3) is 0.387. The van der Waals surface area contributed by atoms with Crippen molar-refractivity contribution in [1.29, 1.82) is 0 Å². The average Bonchev–Trinajstić information content (AvgIpc) is 3.31. The Morgan fingerprint density at radius 3 is 2.49 bits per heavy atom. The summed E-state index contributed by atoms with van der Waals surface area (Å²) < 4.78 is 10.8. The molecule has 1 aliphatic heterocycles. The van der Waals surface area contributed by atoms with Crippen LogP contribution in [0.15, 0.2) is 72.8 Å². The number of carbonyl (C=O) groups is 1. The van der Waals surface area contributed by atoms with Gasteiger partial charge in [-0.2, -0.15) is 0 Å². The Bertz CT molecular complexity index is 1180. The first-order valence-electron chi connectivity index (χ1n) is 12.9. The molecule has 37 heavy (non-hydrogen) atoms. The first kappa shape index (κ1) is 26.6. The number of phenols is 1. The number of aromatic hydroxyl groups is 1. The van der Waals surface area contributed by atoms with E-state index in [0.717, 1.165) is 36.5 Å². The van der Waals surface area contributed by atoms with Crippen LogP contribution in [0.4, 0.5) is 0 Å². The van der Waals surface area contributed by atoms with E-state index in [1.807, 2.05) is 59.5 Å². The summed E-state index contributed by atoms with van der Waals surface area (Å²) in [5.41, 5.74) is 3.04. The number of hydrogen-bond donors (Lipinski definition) is 1. The molecule has 0 bridgehead atoms. The fourth-order valence-corrected chi connectivity index (χ4v) is 5.33. The molecule has 6 nitrogen and oxygen atoms in total. The molecule has 0 aromatic heterocycles. The van der Waals surface area contributed by atoms with Crippen LogP contribution in [0, 0.1) is 11.8 Å². The zero-order valence-corrected chi connectivity index (χ0v) is 22.3. The molecule has 6 heteroatoms. The molecule has 4 rings (SSSR count). The lowest BCUT2D eigenvalue weighted by atomic mass is 9.88. The van der Waals surface area contributed by atoms with Crippen molar-refractivity contribution in [3.8, 4) is 17.2 Å². The van der Waals surface area contributed by atoms with Crippen LogP contribution >= 0.6 is 0 Å². The maximum Gasteiger partial charge on any atom is 0.253 e. The summed E-state index contributed by atoms with van der Waals surface area (Å²) in [6, 6.07) is 23.4. The number of nitrogens with zero attached hydrogens (tertiary/aromatic N) is 2. The molecular formula is C31H38N2O4. The van der Waals surface area contributed by atoms with E-state index >= 15 is 0 Å². The van der Waals surface area contributed by atoms with Gasteiger partial charge in [-0.3, -0.25) is 9.69 Å². The van der Waals surface area contributed by atoms with Crippen molar-refractivity contribution in [2.75, 3.05) is 40.4 Å². The number of ether oxygens (including phenoxy) is 2. The van der Waals surface area contributed by atoms with E-state index in [2.05, 4.69) is 30.9 Å². The maximum absolute atomic E-state index is 13.5. The van der Waals surface area contributed by atoms with Crippen molar-refractivity contribution in [3.63, 3.8) is 0 Å². The molecule has 1 fully saturated rings. The predicted molar refractivity (Wildman–Crippen MR) is 146 cm³/mol. The van der Waals surface area contributed by atoms with Gasteiger partial charge in [-0.05, 0) is 59.4 Å². The zero-order chi connectivity index (χ0) is 26.4. The van der Waals surface area contributed by atoms with E-state index in [1.54, 1.807) is 20.3 Å². The summed E-state index contributed by atoms with van der Waals surface area (Å²) in [6.07, 6.45) is 0. The van der Waals surface area contributed by atoms with Crippen molar-refractivity contribution in [2.24, 2.45) is 11.8 Å². The minimum Gasteiger partial charge on any atom is -0.504 e. The minimum atomic E-state index is 0.0837. The number of carbonyl (C=O) groups excluding carboxylic acids is 1. The van der Waals surface area contributed by atoms with Gasteiger partial charge in [0.05, 0.1) is 14.2 Å². The molecule has 1 heterocycles. The smallest absolute Gasteiger partial charge is 0.253 e. The topological polar surface area (TPSA) is 62.2 Å². The van der Waals surface area contributed by atoms with Gasteiger partial charge in [-0.1, -0.05) is 50.2 Å². The van der Waals surface area contributed by atoms with Crippen LogP contribution in [-0.2, 0) is 6.54 Å². The lowest BCUT2D eigenvalue weighted by molar-refractivity contribution is 0.0703. The molecule has 0 spiro atoms. The molecule has 196 valence electrons. The van der Waals surface area contributed by atoms with Crippen LogP contribution in [0.25, 0.3) is 0 Å². The highest BCUT2D eigenvalue weighted by molar-refractivity contribution is 5.94. The second kappa shape index (κ2) is 12.2. The standard InChI is InChI=1S/C31H38N2O4/c1-22(2)17-33(31(35)24-9-6-5-7-10-24)20-26-19-32(18-23-13-14-29(34)30(15-23)37-4)21-28(26)25-11-8-12-27(16-25)36-3/h5-16,22,26,28,34H,17-21H2,1-4H3. The molecule has 3 aromatic rings. The van der Waals surface area contributed by atoms with Gasteiger partial charge >= 0.3 is 0 Å². The molecule has 1 amide bonds. The van der Waals surface area contributed by atoms with Gasteiger partial charge in [0.25, 0.3) is 5.91 Å². The summed E-state index contributed by atoms with van der Waals surface area (Å²) in [7, 11) is 3.26. The van der Waals surface area contributed by atoms with Gasteiger partial charge in [0.2, 0.25) is 0 Å². The van der Waals surface area contributed by atoms with Gasteiger partial charge in [-0.15, -0.1) is 0 Å². The summed E-state index contributed by atoms with van der Waals surface area (Å²) in [6.45, 7) is 8.18. The van der Waals surface area contributed by atoms with E-state index in [9.17, 15) is 9.90 Å². The van der Waals surface area contributed by atoms with Gasteiger partial charge in [0, 0.05) is 44.2 Å². The summed E-state index contributed by atoms with van der Waals surface area (Å²) >= 11 is 0. The molecule has 1 saturated heterocycles. The van der Waals surface area contributed by atoms with E-state index in [1.165, 1.54) is 5.56 Å². The van der Waals surface area contributed by atoms with Gasteiger partial charge in [-0.25, -0.2) is 0 Å². The highest BCUT2D eigenvalue weighted by atomic mass is 16.5. The third kappa shape index (κ3) is 6.63. The number of phenolic OH excluding ortho intramolecular Hbond substituents is 1. The summed E-state index contributed by atoms with van der Waals surface area (Å²) in [5, 5.41) is 10.0. The van der Waals surface area contributed by atoms with Crippen LogP contribution < -0.4 is 9.47 Å². The molecular weight excluding hydrogens is 464 g/mol. The lowest BCUT2D eigenvalue weighted by Crippen LogP contribution is -2.39. The molecule has 3 aromatic carbocycles. The molecule has 1 N–H and O–H groups in total. The van der Waals surface area contributed by atoms with E-state index < -0.39 is 0 Å². The number of methoxy groups -OCH3 is 2. The van der Waals surface area contributed by atoms with Crippen LogP contribution in [0.1, 0.15) is 41.3 Å². The Kier molecular flexibility index (Phi) is 8.72. The summed E-state index contributed by atoms with van der Waals surface area (Å²) in [4.78, 5) is 18.0. The van der Waals surface area contributed by atoms with Crippen molar-refractivity contribution >= 4 is 5.91 Å². The van der Waals surface area contributed by atoms with Gasteiger partial charge in [0.1, 0.15) is 5.75 Å². The second-order valence-electron chi connectivity index (χ2n) is 10.3. The van der Waals surface area contributed by atoms with Gasteiger partial charge < -0.3 is 19.5 Å². The monoisotopic (exact) mass is 502 g/mol. The highest BCUT2D eigenvalue weighted by Crippen LogP contribution is 2.36. The zero-order valence-electron chi connectivity index (χ0n) is 22.3. The predicted octanol–water partition coefficient (Wildman–Crippen LogP) is 5.42. The minimum absolute atomic E-state index is 0.0837. The first-order valence-corrected chi connectivity index (χ1v) is 12.9. The van der Waals surface area contributed by atoms with Crippen molar-refractivity contribution in [3.05, 3.63) is 89.5 Å². The molecule has 0 aliphatic carbocycles. The normalized spacial score (nSPS) is 17.6. The largest absolute Gasteiger partial charge is 0.504 e. The second-order valence-corrected chi connectivity index (χ2v) is 10.3. The van der Waals surface area contributed by atoms with Crippen molar-refractivity contribution in [2.45, 2.75) is 26.3 Å². The molecule has 2 unspecified atom stereocenters. The third-order valence-corrected chi connectivity index (χ3v) is 7.04. The number of likely N-dealkylation sites (tertiary alicyclic amines) is 1. The molecule has 0 saturated carbocycles. The summed E-state index contributed by atoms with van der Waals surface area (Å²) in [5.74, 6) is 2.44. The van der Waals surface area contributed by atoms with Crippen LogP contribution in [-0.4, -0.2) is 61.2 Å². The van der Waals surface area contributed by atoms with Crippen LogP contribution in [0.5, 0.6) is 17.2 Å². The SMILES string of the molecule is COc1cccc(C2CN(Cc3ccc(O)c(OC)c3)CC2CN(CC(C)C)C(=O)c2ccccc2)c1. The van der Waals surface area contributed by atoms with Crippen molar-refractivity contribution < 1.29 is 19.4 Å². The molecule has 0 radical (unpaired) electrons. The van der Waals surface area contributed by atoms with Crippen LogP contribution in [0.3, 0.4) is 0 Å². The highest BCUT2D eigenvalue weighted by Gasteiger charge is 2.36. The van der Waals surface area contributed by atoms with E-state index in [4.69, 9.17) is 9.47 Å². The third-order valence-electron chi connectivity index (χ3n) is 7.04. The fourth-order valence-electron chi connectivity index (χ4n) is 5.33. The Labute approximate surface area is 220 Å². The van der Waals surface area contributed by atoms with Gasteiger partial charge in [0.15, 0.2) is 11.5 Å². The quantitative estimate of drug-likeness (QED) is 0.401. The van der Waals surface area contributed by atoms with Crippen LogP contribution in [0.2, 0.25) is 0 Å². The van der Waals surface area contributed by atoms with E-state index in [-0.39, 0.29) is 23.5 Å². The number of hydrogen-bond acceptors (Lipinski definition) is 5. The lowest BCUT2D eigenvalue weighted by Gasteiger charge is -2.30. The Balaban J connectivity index is 1.60. The Morgan fingerprint density at radius 1 is 1.00 bits per heavy atom. The number of rotatable bonds is 10. The molecule has 1 aliphatic rings. The number of amides is 1. The maximum atomic E-state index is 13.5. The van der Waals surface area contributed by atoms with E-state index in [0.29, 0.717) is 24.8 Å². The average molecular weight is 503 g/mol. The van der Waals surface area contributed by atoms with Crippen molar-refractivity contribution in [1.82, 2.24) is 9.80 Å². The first-order chi connectivity index (χ1) is 17.9. The Morgan fingerprint density at radius 2 is 1.78 bits per heavy atom. The Hall–Kier alpha value is -3.51. The molecule has 2 atom stereocenters. The number of benzene rings is 3.